The zero-order valence-electron chi connectivity index (χ0n) is 15.2. The lowest BCUT2D eigenvalue weighted by atomic mass is 9.89. The minimum atomic E-state index is -1.24. The van der Waals surface area contributed by atoms with Gasteiger partial charge < -0.3 is 0 Å². The van der Waals surface area contributed by atoms with Crippen LogP contribution in [-0.4, -0.2) is 12.3 Å². The van der Waals surface area contributed by atoms with Crippen molar-refractivity contribution in [2.45, 2.75) is 66.2 Å². The summed E-state index contributed by atoms with van der Waals surface area (Å²) in [6.45, 7) is 16.3. The summed E-state index contributed by atoms with van der Waals surface area (Å²) in [6, 6.07) is 4.99. The summed E-state index contributed by atoms with van der Waals surface area (Å²) in [7, 11) is 0. The molecule has 1 aromatic rings. The van der Waals surface area contributed by atoms with Crippen LogP contribution in [-0.2, 0) is 0 Å². The Balaban J connectivity index is 2.69. The molecule has 1 unspecified atom stereocenters. The minimum absolute atomic E-state index is 0.585. The van der Waals surface area contributed by atoms with Gasteiger partial charge in [0.15, 0.2) is 0 Å². The van der Waals surface area contributed by atoms with Crippen LogP contribution in [0.3, 0.4) is 0 Å². The minimum Gasteiger partial charge on any atom is -0.0587 e. The molecule has 122 valence electrons. The SMILES string of the molecule is CC1=CC[P+](Br)(c2c(C(C)C)cc(C(C)C)cc2C(C)C)C1. The summed E-state index contributed by atoms with van der Waals surface area (Å²) < 4.78 is 0. The standard InChI is InChI=1S/C20H31BrP/c1-13(2)17-10-18(14(3)4)20(19(11-17)15(5)6)22(21)9-8-16(7)12-22/h8,10-11,13-15H,9,12H2,1-7H3/q+1. The number of hydrogen-bond donors (Lipinski definition) is 0. The summed E-state index contributed by atoms with van der Waals surface area (Å²) >= 11 is 4.25. The predicted molar refractivity (Wildman–Crippen MR) is 108 cm³/mol. The summed E-state index contributed by atoms with van der Waals surface area (Å²) in [4.78, 5) is 0. The predicted octanol–water partition coefficient (Wildman–Crippen LogP) is 6.97. The van der Waals surface area contributed by atoms with Crippen LogP contribution in [0.15, 0.2) is 23.8 Å². The smallest absolute Gasteiger partial charge is 0.0587 e. The second-order valence-electron chi connectivity index (χ2n) is 7.77. The van der Waals surface area contributed by atoms with Crippen LogP contribution >= 0.6 is 21.5 Å². The first-order valence-corrected chi connectivity index (χ1v) is 12.7. The molecule has 2 rings (SSSR count). The molecule has 0 amide bonds. The highest BCUT2D eigenvalue weighted by atomic mass is 79.9. The molecule has 0 nitrogen and oxygen atoms in total. The monoisotopic (exact) mass is 381 g/mol. The fourth-order valence-electron chi connectivity index (χ4n) is 3.38. The van der Waals surface area contributed by atoms with E-state index in [9.17, 15) is 0 Å². The van der Waals surface area contributed by atoms with Gasteiger partial charge in [-0.3, -0.25) is 0 Å². The highest BCUT2D eigenvalue weighted by molar-refractivity contribution is 9.43. The van der Waals surface area contributed by atoms with Crippen LogP contribution in [0, 0.1) is 0 Å². The molecule has 1 aliphatic heterocycles. The lowest BCUT2D eigenvalue weighted by Crippen LogP contribution is -2.22. The second kappa shape index (κ2) is 6.78. The second-order valence-corrected chi connectivity index (χ2v) is 14.7. The summed E-state index contributed by atoms with van der Waals surface area (Å²) in [5.41, 5.74) is 6.23. The van der Waals surface area contributed by atoms with E-state index in [4.69, 9.17) is 0 Å². The third-order valence-corrected chi connectivity index (χ3v) is 10.5. The summed E-state index contributed by atoms with van der Waals surface area (Å²) in [5.74, 6) is 0.522. The molecule has 2 heteroatoms. The van der Waals surface area contributed by atoms with Crippen molar-refractivity contribution in [1.29, 1.82) is 0 Å². The van der Waals surface area contributed by atoms with E-state index in [0.29, 0.717) is 17.8 Å². The zero-order valence-corrected chi connectivity index (χ0v) is 17.7. The van der Waals surface area contributed by atoms with Crippen LogP contribution < -0.4 is 5.30 Å². The Hall–Kier alpha value is -0.130. The maximum Gasteiger partial charge on any atom is 0.145 e. The Morgan fingerprint density at radius 3 is 1.73 bits per heavy atom. The normalized spacial score (nSPS) is 22.0. The number of benzene rings is 1. The highest BCUT2D eigenvalue weighted by Gasteiger charge is 2.45. The first-order chi connectivity index (χ1) is 10.2. The molecule has 0 saturated heterocycles. The average Bonchev–Trinajstić information content (AvgIpc) is 2.77. The molecular weight excluding hydrogens is 351 g/mol. The molecule has 1 aromatic carbocycles. The van der Waals surface area contributed by atoms with Crippen molar-refractivity contribution in [3.05, 3.63) is 40.5 Å². The number of allylic oxidation sites excluding steroid dienone is 2. The van der Waals surface area contributed by atoms with Gasteiger partial charge in [0, 0.05) is 0 Å². The van der Waals surface area contributed by atoms with Gasteiger partial charge in [0.05, 0.1) is 12.3 Å². The Bertz CT molecular complexity index is 554. The van der Waals surface area contributed by atoms with E-state index < -0.39 is 5.96 Å². The Morgan fingerprint density at radius 2 is 1.41 bits per heavy atom. The number of rotatable bonds is 4. The van der Waals surface area contributed by atoms with E-state index in [2.05, 4.69) is 82.2 Å². The van der Waals surface area contributed by atoms with E-state index in [-0.39, 0.29) is 0 Å². The molecule has 1 atom stereocenters. The molecule has 0 fully saturated rings. The van der Waals surface area contributed by atoms with E-state index in [1.807, 2.05) is 0 Å². The largest absolute Gasteiger partial charge is 0.145 e. The van der Waals surface area contributed by atoms with Gasteiger partial charge in [-0.2, -0.15) is 0 Å². The van der Waals surface area contributed by atoms with Gasteiger partial charge >= 0.3 is 0 Å². The molecule has 0 spiro atoms. The topological polar surface area (TPSA) is 0 Å². The van der Waals surface area contributed by atoms with Crippen molar-refractivity contribution >= 4 is 26.8 Å². The van der Waals surface area contributed by atoms with Gasteiger partial charge in [0.1, 0.15) is 26.8 Å². The molecule has 22 heavy (non-hydrogen) atoms. The van der Waals surface area contributed by atoms with E-state index >= 15 is 0 Å². The van der Waals surface area contributed by atoms with Crippen LogP contribution in [0.2, 0.25) is 0 Å². The van der Waals surface area contributed by atoms with Crippen molar-refractivity contribution < 1.29 is 0 Å². The Kier molecular flexibility index (Phi) is 5.61. The van der Waals surface area contributed by atoms with Gasteiger partial charge in [-0.15, -0.1) is 0 Å². The van der Waals surface area contributed by atoms with Gasteiger partial charge in [-0.1, -0.05) is 53.7 Å². The van der Waals surface area contributed by atoms with Crippen molar-refractivity contribution in [2.24, 2.45) is 0 Å². The Morgan fingerprint density at radius 1 is 0.909 bits per heavy atom. The van der Waals surface area contributed by atoms with Gasteiger partial charge in [0.2, 0.25) is 0 Å². The average molecular weight is 382 g/mol. The third kappa shape index (κ3) is 3.51. The van der Waals surface area contributed by atoms with Crippen LogP contribution in [0.25, 0.3) is 0 Å². The van der Waals surface area contributed by atoms with Crippen LogP contribution in [0.1, 0.15) is 82.9 Å². The van der Waals surface area contributed by atoms with Crippen molar-refractivity contribution in [1.82, 2.24) is 0 Å². The fourth-order valence-corrected chi connectivity index (χ4v) is 9.79. The van der Waals surface area contributed by atoms with E-state index in [1.165, 1.54) is 17.9 Å². The first kappa shape index (κ1) is 18.2. The summed E-state index contributed by atoms with van der Waals surface area (Å²) in [6.07, 6.45) is 4.92. The molecular formula is C20H31BrP+. The lowest BCUT2D eigenvalue weighted by Gasteiger charge is -2.26. The van der Waals surface area contributed by atoms with E-state index in [0.717, 1.165) is 0 Å². The molecule has 0 radical (unpaired) electrons. The maximum absolute atomic E-state index is 4.25. The lowest BCUT2D eigenvalue weighted by molar-refractivity contribution is 0.813. The van der Waals surface area contributed by atoms with Crippen molar-refractivity contribution in [3.63, 3.8) is 0 Å². The molecule has 1 heterocycles. The first-order valence-electron chi connectivity index (χ1n) is 8.56. The quantitative estimate of drug-likeness (QED) is 0.390. The number of halogens is 1. The maximum atomic E-state index is 4.25. The van der Waals surface area contributed by atoms with Gasteiger partial charge in [-0.25, -0.2) is 0 Å². The molecule has 0 aliphatic carbocycles. The molecule has 0 N–H and O–H groups in total. The molecule has 0 aromatic heterocycles. The Labute approximate surface area is 145 Å². The molecule has 0 saturated carbocycles. The van der Waals surface area contributed by atoms with Crippen LogP contribution in [0.4, 0.5) is 0 Å². The third-order valence-electron chi connectivity index (χ3n) is 4.73. The number of hydrogen-bond acceptors (Lipinski definition) is 0. The highest BCUT2D eigenvalue weighted by Crippen LogP contribution is 2.70. The molecule has 0 bridgehead atoms. The van der Waals surface area contributed by atoms with Gasteiger partial charge in [0.25, 0.3) is 0 Å². The van der Waals surface area contributed by atoms with Crippen molar-refractivity contribution in [3.8, 4) is 0 Å². The fraction of sp³-hybridized carbons (Fsp3) is 0.600. The molecule has 1 aliphatic rings. The van der Waals surface area contributed by atoms with Crippen LogP contribution in [0.5, 0.6) is 0 Å². The zero-order chi connectivity index (χ0) is 16.7. The van der Waals surface area contributed by atoms with E-state index in [1.54, 1.807) is 22.0 Å². The van der Waals surface area contributed by atoms with Crippen molar-refractivity contribution in [2.75, 3.05) is 12.3 Å². The van der Waals surface area contributed by atoms with Gasteiger partial charge in [-0.05, 0) is 53.0 Å². The summed E-state index contributed by atoms with van der Waals surface area (Å²) in [5, 5.41) is 1.68.